The van der Waals surface area contributed by atoms with Crippen LogP contribution in [-0.2, 0) is 0 Å². The summed E-state index contributed by atoms with van der Waals surface area (Å²) in [6.07, 6.45) is 0. The highest BCUT2D eigenvalue weighted by atomic mass is 32.2. The summed E-state index contributed by atoms with van der Waals surface area (Å²) in [5, 5.41) is 3.31. The molecular formula is C9H22N2S2. The average molecular weight is 222 g/mol. The monoisotopic (exact) mass is 222 g/mol. The van der Waals surface area contributed by atoms with Gasteiger partial charge in [-0.05, 0) is 5.75 Å². The first-order chi connectivity index (χ1) is 5.90. The molecule has 0 fully saturated rings. The summed E-state index contributed by atoms with van der Waals surface area (Å²) >= 11 is 6.03. The van der Waals surface area contributed by atoms with Gasteiger partial charge in [0.05, 0.1) is 0 Å². The van der Waals surface area contributed by atoms with Crippen LogP contribution in [0, 0.1) is 0 Å². The molecule has 0 rings (SSSR count). The maximum atomic E-state index is 5.10. The maximum Gasteiger partial charge on any atom is 0.131 e. The van der Waals surface area contributed by atoms with Gasteiger partial charge >= 0.3 is 0 Å². The molecule has 0 aromatic heterocycles. The van der Waals surface area contributed by atoms with Gasteiger partial charge in [-0.1, -0.05) is 58.6 Å². The van der Waals surface area contributed by atoms with Crippen molar-refractivity contribution in [2.45, 2.75) is 46.7 Å². The molecule has 0 aliphatic rings. The third kappa shape index (κ3) is 24.5. The largest absolute Gasteiger partial charge is 0.385 e. The predicted octanol–water partition coefficient (Wildman–Crippen LogP) is 2.38. The van der Waals surface area contributed by atoms with Crippen molar-refractivity contribution in [1.82, 2.24) is 5.32 Å². The third-order valence-corrected chi connectivity index (χ3v) is 1.88. The number of hydrogen-bond donors (Lipinski definition) is 2. The van der Waals surface area contributed by atoms with Gasteiger partial charge in [0.1, 0.15) is 4.32 Å². The molecule has 0 unspecified atom stereocenters. The van der Waals surface area contributed by atoms with Crippen LogP contribution in [0.5, 0.6) is 0 Å². The van der Waals surface area contributed by atoms with Gasteiger partial charge in [0.2, 0.25) is 0 Å². The first-order valence-electron chi connectivity index (χ1n) is 4.58. The molecule has 0 aromatic carbocycles. The van der Waals surface area contributed by atoms with Crippen molar-refractivity contribution < 1.29 is 0 Å². The smallest absolute Gasteiger partial charge is 0.131 e. The minimum Gasteiger partial charge on any atom is -0.385 e. The molecule has 13 heavy (non-hydrogen) atoms. The van der Waals surface area contributed by atoms with E-state index in [0.29, 0.717) is 16.4 Å². The Bertz CT molecular complexity index is 119. The molecule has 0 amide bonds. The summed E-state index contributed by atoms with van der Waals surface area (Å²) in [5.74, 6) is 0.981. The van der Waals surface area contributed by atoms with E-state index in [1.54, 1.807) is 0 Å². The Balaban J connectivity index is 0. The Labute approximate surface area is 92.0 Å². The van der Waals surface area contributed by atoms with E-state index in [0.717, 1.165) is 5.75 Å². The van der Waals surface area contributed by atoms with Crippen LogP contribution in [-0.4, -0.2) is 22.2 Å². The normalized spacial score (nSPS) is 9.77. The van der Waals surface area contributed by atoms with Crippen LogP contribution < -0.4 is 11.1 Å². The molecule has 4 heteroatoms. The second kappa shape index (κ2) is 10.3. The van der Waals surface area contributed by atoms with Crippen molar-refractivity contribution in [1.29, 1.82) is 0 Å². The molecular weight excluding hydrogens is 200 g/mol. The number of nitrogens with one attached hydrogen (secondary N) is 1. The summed E-state index contributed by atoms with van der Waals surface area (Å²) in [7, 11) is 0. The fraction of sp³-hybridized carbons (Fsp3) is 0.889. The van der Waals surface area contributed by atoms with Crippen LogP contribution in [0.2, 0.25) is 0 Å². The Kier molecular flexibility index (Phi) is 12.4. The number of hydrogen-bond acceptors (Lipinski definition) is 3. The van der Waals surface area contributed by atoms with E-state index in [1.807, 2.05) is 6.92 Å². The molecule has 0 aliphatic carbocycles. The number of rotatable bonds is 3. The fourth-order valence-electron chi connectivity index (χ4n) is 0.809. The highest BCUT2D eigenvalue weighted by Gasteiger charge is 1.92. The summed E-state index contributed by atoms with van der Waals surface area (Å²) in [6, 6.07) is 1.25. The lowest BCUT2D eigenvalue weighted by Crippen LogP contribution is -2.29. The Morgan fingerprint density at radius 1 is 1.31 bits per heavy atom. The molecule has 0 aromatic rings. The molecule has 0 atom stereocenters. The van der Waals surface area contributed by atoms with Gasteiger partial charge in [-0.3, -0.25) is 0 Å². The SMILES string of the molecule is CC(C)NC(C)C.CCSC(N)=S. The van der Waals surface area contributed by atoms with Gasteiger partial charge in [-0.2, -0.15) is 0 Å². The summed E-state index contributed by atoms with van der Waals surface area (Å²) < 4.78 is 0.539. The highest BCUT2D eigenvalue weighted by molar-refractivity contribution is 8.22. The van der Waals surface area contributed by atoms with Crippen molar-refractivity contribution in [2.75, 3.05) is 5.75 Å². The Hall–Kier alpha value is 0.200. The molecule has 80 valence electrons. The van der Waals surface area contributed by atoms with Crippen LogP contribution in [0.1, 0.15) is 34.6 Å². The van der Waals surface area contributed by atoms with E-state index < -0.39 is 0 Å². The topological polar surface area (TPSA) is 38.0 Å². The zero-order chi connectivity index (χ0) is 10.9. The van der Waals surface area contributed by atoms with Crippen molar-refractivity contribution >= 4 is 28.3 Å². The van der Waals surface area contributed by atoms with Crippen LogP contribution in [0.4, 0.5) is 0 Å². The van der Waals surface area contributed by atoms with Crippen molar-refractivity contribution in [3.63, 3.8) is 0 Å². The van der Waals surface area contributed by atoms with Gasteiger partial charge in [0.15, 0.2) is 0 Å². The van der Waals surface area contributed by atoms with E-state index in [2.05, 4.69) is 45.2 Å². The molecule has 0 bridgehead atoms. The van der Waals surface area contributed by atoms with Gasteiger partial charge in [-0.15, -0.1) is 0 Å². The van der Waals surface area contributed by atoms with Crippen LogP contribution in [0.25, 0.3) is 0 Å². The molecule has 0 radical (unpaired) electrons. The zero-order valence-corrected chi connectivity index (χ0v) is 10.9. The van der Waals surface area contributed by atoms with Crippen molar-refractivity contribution in [2.24, 2.45) is 5.73 Å². The van der Waals surface area contributed by atoms with Gasteiger partial charge < -0.3 is 11.1 Å². The van der Waals surface area contributed by atoms with E-state index in [1.165, 1.54) is 11.8 Å². The van der Waals surface area contributed by atoms with Crippen LogP contribution >= 0.6 is 24.0 Å². The van der Waals surface area contributed by atoms with Crippen molar-refractivity contribution in [3.05, 3.63) is 0 Å². The molecule has 3 N–H and O–H groups in total. The van der Waals surface area contributed by atoms with Gasteiger partial charge in [0.25, 0.3) is 0 Å². The van der Waals surface area contributed by atoms with Gasteiger partial charge in [0, 0.05) is 12.1 Å². The molecule has 0 saturated carbocycles. The third-order valence-electron chi connectivity index (χ3n) is 0.953. The maximum absolute atomic E-state index is 5.10. The minimum absolute atomic E-state index is 0.539. The predicted molar refractivity (Wildman–Crippen MR) is 68.3 cm³/mol. The Morgan fingerprint density at radius 3 is 1.69 bits per heavy atom. The van der Waals surface area contributed by atoms with Gasteiger partial charge in [-0.25, -0.2) is 0 Å². The fourth-order valence-corrected chi connectivity index (χ4v) is 1.45. The van der Waals surface area contributed by atoms with Crippen molar-refractivity contribution in [3.8, 4) is 0 Å². The standard InChI is InChI=1S/C6H15N.C3H7NS2/c1-5(2)7-6(3)4;1-2-6-3(4)5/h5-7H,1-4H3;2H2,1H3,(H2,4,5). The lowest BCUT2D eigenvalue weighted by Gasteiger charge is -2.10. The molecule has 0 aliphatic heterocycles. The lowest BCUT2D eigenvalue weighted by atomic mass is 10.3. The molecule has 0 heterocycles. The van der Waals surface area contributed by atoms with Crippen LogP contribution in [0.15, 0.2) is 0 Å². The molecule has 0 spiro atoms. The Morgan fingerprint density at radius 2 is 1.69 bits per heavy atom. The highest BCUT2D eigenvalue weighted by Crippen LogP contribution is 1.95. The van der Waals surface area contributed by atoms with E-state index in [4.69, 9.17) is 5.73 Å². The number of thioether (sulfide) groups is 1. The minimum atomic E-state index is 0.539. The second-order valence-corrected chi connectivity index (χ2v) is 5.23. The number of nitrogens with two attached hydrogens (primary N) is 1. The van der Waals surface area contributed by atoms with Crippen LogP contribution in [0.3, 0.4) is 0 Å². The lowest BCUT2D eigenvalue weighted by molar-refractivity contribution is 0.518. The molecule has 0 saturated heterocycles. The summed E-state index contributed by atoms with van der Waals surface area (Å²) in [4.78, 5) is 0. The molecule has 2 nitrogen and oxygen atoms in total. The van der Waals surface area contributed by atoms with E-state index in [9.17, 15) is 0 Å². The zero-order valence-electron chi connectivity index (χ0n) is 9.26. The van der Waals surface area contributed by atoms with E-state index in [-0.39, 0.29) is 0 Å². The second-order valence-electron chi connectivity index (χ2n) is 3.23. The summed E-state index contributed by atoms with van der Waals surface area (Å²) in [6.45, 7) is 10.6. The number of thiocarbonyl (C=S) groups is 1. The summed E-state index contributed by atoms with van der Waals surface area (Å²) in [5.41, 5.74) is 5.10. The quantitative estimate of drug-likeness (QED) is 0.719. The average Bonchev–Trinajstić information content (AvgIpc) is 1.83. The first kappa shape index (κ1) is 15.7. The van der Waals surface area contributed by atoms with E-state index >= 15 is 0 Å². The first-order valence-corrected chi connectivity index (χ1v) is 5.97.